The van der Waals surface area contributed by atoms with Crippen molar-refractivity contribution in [3.05, 3.63) is 45.8 Å². The van der Waals surface area contributed by atoms with E-state index in [0.717, 1.165) is 0 Å². The van der Waals surface area contributed by atoms with Gasteiger partial charge in [0.1, 0.15) is 0 Å². The Morgan fingerprint density at radius 1 is 1.42 bits per heavy atom. The van der Waals surface area contributed by atoms with Crippen molar-refractivity contribution in [1.82, 2.24) is 15.2 Å². The fourth-order valence-electron chi connectivity index (χ4n) is 0.487. The quantitative estimate of drug-likeness (QED) is 0.657. The topological polar surface area (TPSA) is 58.6 Å². The summed E-state index contributed by atoms with van der Waals surface area (Å²) in [7, 11) is 0. The molecule has 4 nitrogen and oxygen atoms in total. The van der Waals surface area contributed by atoms with E-state index in [0.29, 0.717) is 0 Å². The Balaban J connectivity index is 0.000000127. The molecule has 1 N–H and O–H groups in total. The molecule has 0 spiro atoms. The summed E-state index contributed by atoms with van der Waals surface area (Å²) in [5.41, 5.74) is 1.63. The summed E-state index contributed by atoms with van der Waals surface area (Å²) < 4.78 is 0. The largest absolute Gasteiger partial charge is 0.268 e. The molecule has 0 fully saturated rings. The molecule has 2 aromatic heterocycles. The van der Waals surface area contributed by atoms with Crippen LogP contribution >= 0.6 is 11.3 Å². The minimum absolute atomic E-state index is 0.164. The summed E-state index contributed by atoms with van der Waals surface area (Å²) in [4.78, 5) is 13.9. The average Bonchev–Trinajstić information content (AvgIpc) is 2.62. The summed E-state index contributed by atoms with van der Waals surface area (Å²) >= 11 is 1.60. The molecule has 0 aromatic carbocycles. The van der Waals surface area contributed by atoms with Crippen LogP contribution in [0, 0.1) is 0 Å². The lowest BCUT2D eigenvalue weighted by molar-refractivity contribution is 0.988. The lowest BCUT2D eigenvalue weighted by atomic mass is 10.6. The second kappa shape index (κ2) is 5.20. The maximum absolute atomic E-state index is 10.2. The summed E-state index contributed by atoms with van der Waals surface area (Å²) in [5, 5.41) is 7.60. The van der Waals surface area contributed by atoms with Gasteiger partial charge in [0.15, 0.2) is 0 Å². The Bertz CT molecular complexity index is 309. The number of hydrogen-bond donors (Lipinski definition) is 1. The smallest absolute Gasteiger partial charge is 0.264 e. The Labute approximate surface area is 72.9 Å². The third-order valence-electron chi connectivity index (χ3n) is 0.930. The lowest BCUT2D eigenvalue weighted by Crippen LogP contribution is -2.02. The number of thiazole rings is 1. The van der Waals surface area contributed by atoms with Crippen LogP contribution in [0.3, 0.4) is 0 Å². The SMILES string of the molecule is O=c1cccn[nH]1.c1cscn1. The zero-order valence-corrected chi connectivity index (χ0v) is 6.99. The molecule has 2 rings (SSSR count). The van der Waals surface area contributed by atoms with Gasteiger partial charge >= 0.3 is 0 Å². The van der Waals surface area contributed by atoms with Crippen LogP contribution in [0.4, 0.5) is 0 Å². The van der Waals surface area contributed by atoms with Gasteiger partial charge in [0.25, 0.3) is 5.56 Å². The number of nitrogens with zero attached hydrogens (tertiary/aromatic N) is 2. The molecule has 0 unspecified atom stereocenters. The normalized spacial score (nSPS) is 8.33. The highest BCUT2D eigenvalue weighted by Crippen LogP contribution is 1.85. The van der Waals surface area contributed by atoms with Crippen molar-refractivity contribution in [2.45, 2.75) is 0 Å². The monoisotopic (exact) mass is 181 g/mol. The molecule has 12 heavy (non-hydrogen) atoms. The van der Waals surface area contributed by atoms with Crippen LogP contribution in [-0.2, 0) is 0 Å². The summed E-state index contributed by atoms with van der Waals surface area (Å²) in [6, 6.07) is 2.99. The van der Waals surface area contributed by atoms with E-state index >= 15 is 0 Å². The predicted molar refractivity (Wildman–Crippen MR) is 47.0 cm³/mol. The first-order valence-electron chi connectivity index (χ1n) is 3.21. The minimum atomic E-state index is -0.164. The molecule has 0 atom stereocenters. The van der Waals surface area contributed by atoms with Crippen LogP contribution < -0.4 is 5.56 Å². The van der Waals surface area contributed by atoms with Crippen molar-refractivity contribution in [3.63, 3.8) is 0 Å². The zero-order chi connectivity index (χ0) is 8.65. The van der Waals surface area contributed by atoms with Crippen molar-refractivity contribution in [2.75, 3.05) is 0 Å². The van der Waals surface area contributed by atoms with Gasteiger partial charge in [0, 0.05) is 23.8 Å². The lowest BCUT2D eigenvalue weighted by Gasteiger charge is -1.72. The highest BCUT2D eigenvalue weighted by atomic mass is 32.1. The van der Waals surface area contributed by atoms with E-state index in [9.17, 15) is 4.79 Å². The molecule has 2 aromatic rings. The molecule has 0 saturated heterocycles. The van der Waals surface area contributed by atoms with Gasteiger partial charge in [0.05, 0.1) is 5.51 Å². The minimum Gasteiger partial charge on any atom is -0.268 e. The van der Waals surface area contributed by atoms with Gasteiger partial charge in [-0.2, -0.15) is 5.10 Å². The van der Waals surface area contributed by atoms with E-state index in [1.165, 1.54) is 12.3 Å². The van der Waals surface area contributed by atoms with Crippen molar-refractivity contribution < 1.29 is 0 Å². The molecule has 62 valence electrons. The van der Waals surface area contributed by atoms with Gasteiger partial charge < -0.3 is 0 Å². The molecule has 0 amide bonds. The van der Waals surface area contributed by atoms with Gasteiger partial charge in [-0.15, -0.1) is 11.3 Å². The van der Waals surface area contributed by atoms with Crippen LogP contribution in [0.25, 0.3) is 0 Å². The van der Waals surface area contributed by atoms with Crippen LogP contribution in [-0.4, -0.2) is 15.2 Å². The first kappa shape index (κ1) is 8.61. The van der Waals surface area contributed by atoms with Crippen LogP contribution in [0.5, 0.6) is 0 Å². The Morgan fingerprint density at radius 3 is 2.58 bits per heavy atom. The number of hydrogen-bond acceptors (Lipinski definition) is 4. The molecule has 5 heteroatoms. The Kier molecular flexibility index (Phi) is 3.73. The van der Waals surface area contributed by atoms with Crippen molar-refractivity contribution in [1.29, 1.82) is 0 Å². The van der Waals surface area contributed by atoms with Gasteiger partial charge in [-0.3, -0.25) is 9.78 Å². The van der Waals surface area contributed by atoms with Crippen molar-refractivity contribution in [3.8, 4) is 0 Å². The van der Waals surface area contributed by atoms with Gasteiger partial charge in [-0.05, 0) is 6.07 Å². The molecule has 0 aliphatic heterocycles. The first-order chi connectivity index (χ1) is 5.89. The number of H-pyrrole nitrogens is 1. The average molecular weight is 181 g/mol. The predicted octanol–water partition coefficient (Wildman–Crippen LogP) is 0.913. The third-order valence-corrected chi connectivity index (χ3v) is 1.45. The summed E-state index contributed by atoms with van der Waals surface area (Å²) in [6.07, 6.45) is 3.28. The van der Waals surface area contributed by atoms with E-state index in [1.54, 1.807) is 29.1 Å². The molecule has 0 bridgehead atoms. The number of aromatic nitrogens is 3. The molecule has 0 aliphatic rings. The highest BCUT2D eigenvalue weighted by Gasteiger charge is 1.70. The summed E-state index contributed by atoms with van der Waals surface area (Å²) in [6.45, 7) is 0. The van der Waals surface area contributed by atoms with Gasteiger partial charge in [-0.1, -0.05) is 0 Å². The molecule has 0 radical (unpaired) electrons. The van der Waals surface area contributed by atoms with Crippen molar-refractivity contribution in [2.24, 2.45) is 0 Å². The maximum atomic E-state index is 10.2. The van der Waals surface area contributed by atoms with E-state index in [1.807, 2.05) is 5.38 Å². The Morgan fingerprint density at radius 2 is 2.33 bits per heavy atom. The van der Waals surface area contributed by atoms with Crippen LogP contribution in [0.15, 0.2) is 40.2 Å². The fraction of sp³-hybridized carbons (Fsp3) is 0. The number of aromatic amines is 1. The number of nitrogens with one attached hydrogen (secondary N) is 1. The van der Waals surface area contributed by atoms with Crippen LogP contribution in [0.2, 0.25) is 0 Å². The second-order valence-electron chi connectivity index (χ2n) is 1.79. The number of rotatable bonds is 0. The standard InChI is InChI=1S/C4H4N2O.C3H3NS/c7-4-2-1-3-5-6-4;1-2-5-3-4-1/h1-3H,(H,6,7);1-3H. The molecular weight excluding hydrogens is 174 g/mol. The van der Waals surface area contributed by atoms with E-state index in [4.69, 9.17) is 0 Å². The third kappa shape index (κ3) is 3.62. The van der Waals surface area contributed by atoms with Crippen LogP contribution in [0.1, 0.15) is 0 Å². The fourth-order valence-corrected chi connectivity index (χ4v) is 0.839. The summed E-state index contributed by atoms with van der Waals surface area (Å²) in [5.74, 6) is 0. The zero-order valence-electron chi connectivity index (χ0n) is 6.18. The van der Waals surface area contributed by atoms with Crippen molar-refractivity contribution >= 4 is 11.3 Å². The van der Waals surface area contributed by atoms with E-state index in [-0.39, 0.29) is 5.56 Å². The van der Waals surface area contributed by atoms with E-state index < -0.39 is 0 Å². The second-order valence-corrected chi connectivity index (χ2v) is 2.54. The molecular formula is C7H7N3OS. The highest BCUT2D eigenvalue weighted by molar-refractivity contribution is 7.07. The first-order valence-corrected chi connectivity index (χ1v) is 4.16. The molecule has 0 saturated carbocycles. The van der Waals surface area contributed by atoms with Gasteiger partial charge in [-0.25, -0.2) is 5.10 Å². The molecule has 2 heterocycles. The maximum Gasteiger partial charge on any atom is 0.264 e. The Hall–Kier alpha value is -1.49. The van der Waals surface area contributed by atoms with E-state index in [2.05, 4.69) is 15.2 Å². The molecule has 0 aliphatic carbocycles. The van der Waals surface area contributed by atoms with Gasteiger partial charge in [0.2, 0.25) is 0 Å².